The van der Waals surface area contributed by atoms with Crippen molar-refractivity contribution in [2.24, 2.45) is 0 Å². The molecule has 1 aliphatic rings. The second-order valence-corrected chi connectivity index (χ2v) is 4.17. The van der Waals surface area contributed by atoms with Gasteiger partial charge in [0.1, 0.15) is 0 Å². The van der Waals surface area contributed by atoms with E-state index >= 15 is 0 Å². The van der Waals surface area contributed by atoms with E-state index in [0.29, 0.717) is 11.9 Å². The first-order valence-corrected chi connectivity index (χ1v) is 5.45. The van der Waals surface area contributed by atoms with Gasteiger partial charge >= 0.3 is 0 Å². The van der Waals surface area contributed by atoms with E-state index in [-0.39, 0.29) is 6.10 Å². The lowest BCUT2D eigenvalue weighted by molar-refractivity contribution is 0.230. The highest BCUT2D eigenvalue weighted by Gasteiger charge is 2.20. The van der Waals surface area contributed by atoms with Crippen LogP contribution >= 0.6 is 0 Å². The molecule has 1 heterocycles. The minimum atomic E-state index is 0.144. The first kappa shape index (κ1) is 10.4. The van der Waals surface area contributed by atoms with Gasteiger partial charge < -0.3 is 10.1 Å². The fraction of sp³-hybridized carbons (Fsp3) is 0.636. The molecule has 15 heavy (non-hydrogen) atoms. The summed E-state index contributed by atoms with van der Waals surface area (Å²) >= 11 is 0. The third-order valence-electron chi connectivity index (χ3n) is 2.17. The van der Waals surface area contributed by atoms with Crippen molar-refractivity contribution >= 4 is 0 Å². The van der Waals surface area contributed by atoms with Crippen LogP contribution in [0.5, 0.6) is 5.88 Å². The van der Waals surface area contributed by atoms with E-state index in [2.05, 4.69) is 15.3 Å². The van der Waals surface area contributed by atoms with Crippen LogP contribution in [0.3, 0.4) is 0 Å². The van der Waals surface area contributed by atoms with Gasteiger partial charge in [-0.2, -0.15) is 0 Å². The van der Waals surface area contributed by atoms with Crippen molar-refractivity contribution in [1.29, 1.82) is 0 Å². The minimum absolute atomic E-state index is 0.144. The summed E-state index contributed by atoms with van der Waals surface area (Å²) in [6.07, 6.45) is 6.15. The zero-order chi connectivity index (χ0) is 10.7. The van der Waals surface area contributed by atoms with Gasteiger partial charge in [0.15, 0.2) is 0 Å². The standard InChI is InChI=1S/C11H17N3O/c1-8(2)15-11-7-12-5-10(14-11)6-13-9-3-4-9/h5,7-9,13H,3-4,6H2,1-2H3. The van der Waals surface area contributed by atoms with Crippen LogP contribution in [0, 0.1) is 0 Å². The van der Waals surface area contributed by atoms with Gasteiger partial charge in [0.05, 0.1) is 18.0 Å². The van der Waals surface area contributed by atoms with E-state index < -0.39 is 0 Å². The predicted molar refractivity (Wildman–Crippen MR) is 57.7 cm³/mol. The zero-order valence-corrected chi connectivity index (χ0v) is 9.23. The number of aromatic nitrogens is 2. The molecule has 1 saturated carbocycles. The number of nitrogens with one attached hydrogen (secondary N) is 1. The Morgan fingerprint density at radius 3 is 2.93 bits per heavy atom. The third kappa shape index (κ3) is 3.47. The van der Waals surface area contributed by atoms with Crippen molar-refractivity contribution in [3.05, 3.63) is 18.1 Å². The van der Waals surface area contributed by atoms with Gasteiger partial charge in [0.25, 0.3) is 0 Å². The summed E-state index contributed by atoms with van der Waals surface area (Å²) in [7, 11) is 0. The molecule has 82 valence electrons. The molecular weight excluding hydrogens is 190 g/mol. The fourth-order valence-electron chi connectivity index (χ4n) is 1.31. The van der Waals surface area contributed by atoms with Gasteiger partial charge in [-0.05, 0) is 26.7 Å². The van der Waals surface area contributed by atoms with E-state index in [1.807, 2.05) is 13.8 Å². The van der Waals surface area contributed by atoms with Crippen LogP contribution in [-0.4, -0.2) is 22.1 Å². The maximum absolute atomic E-state index is 5.48. The molecule has 0 unspecified atom stereocenters. The summed E-state index contributed by atoms with van der Waals surface area (Å²) in [5.74, 6) is 0.611. The number of hydrogen-bond donors (Lipinski definition) is 1. The fourth-order valence-corrected chi connectivity index (χ4v) is 1.31. The molecule has 1 aliphatic carbocycles. The summed E-state index contributed by atoms with van der Waals surface area (Å²) in [6, 6.07) is 0.696. The van der Waals surface area contributed by atoms with Crippen LogP contribution < -0.4 is 10.1 Å². The van der Waals surface area contributed by atoms with E-state index in [4.69, 9.17) is 4.74 Å². The molecule has 1 fully saturated rings. The van der Waals surface area contributed by atoms with Crippen LogP contribution in [-0.2, 0) is 6.54 Å². The topological polar surface area (TPSA) is 47.0 Å². The molecule has 0 aromatic carbocycles. The van der Waals surface area contributed by atoms with Crippen LogP contribution in [0.2, 0.25) is 0 Å². The molecule has 2 rings (SSSR count). The van der Waals surface area contributed by atoms with Gasteiger partial charge in [0, 0.05) is 18.8 Å². The Balaban J connectivity index is 1.91. The second-order valence-electron chi connectivity index (χ2n) is 4.17. The molecule has 0 atom stereocenters. The van der Waals surface area contributed by atoms with Gasteiger partial charge in [-0.25, -0.2) is 4.98 Å². The molecule has 0 radical (unpaired) electrons. The summed E-state index contributed by atoms with van der Waals surface area (Å²) in [5, 5.41) is 3.40. The number of ether oxygens (including phenoxy) is 1. The van der Waals surface area contributed by atoms with Gasteiger partial charge in [0.2, 0.25) is 5.88 Å². The second kappa shape index (κ2) is 4.57. The molecule has 0 bridgehead atoms. The summed E-state index contributed by atoms with van der Waals surface area (Å²) in [6.45, 7) is 4.75. The molecule has 4 heteroatoms. The lowest BCUT2D eigenvalue weighted by atomic mass is 10.4. The average molecular weight is 207 g/mol. The highest BCUT2D eigenvalue weighted by Crippen LogP contribution is 2.19. The van der Waals surface area contributed by atoms with Crippen LogP contribution in [0.15, 0.2) is 12.4 Å². The number of nitrogens with zero attached hydrogens (tertiary/aromatic N) is 2. The summed E-state index contributed by atoms with van der Waals surface area (Å²) in [5.41, 5.74) is 0.944. The van der Waals surface area contributed by atoms with Crippen molar-refractivity contribution in [2.45, 2.75) is 45.4 Å². The van der Waals surface area contributed by atoms with Crippen molar-refractivity contribution < 1.29 is 4.74 Å². The van der Waals surface area contributed by atoms with E-state index in [9.17, 15) is 0 Å². The Morgan fingerprint density at radius 1 is 1.47 bits per heavy atom. The first-order chi connectivity index (χ1) is 7.24. The molecular formula is C11H17N3O. The van der Waals surface area contributed by atoms with Crippen LogP contribution in [0.25, 0.3) is 0 Å². The predicted octanol–water partition coefficient (Wildman–Crippen LogP) is 1.52. The molecule has 0 amide bonds. The maximum atomic E-state index is 5.48. The highest BCUT2D eigenvalue weighted by atomic mass is 16.5. The Labute approximate surface area is 90.1 Å². The lowest BCUT2D eigenvalue weighted by Gasteiger charge is -2.09. The Bertz CT molecular complexity index is 323. The SMILES string of the molecule is CC(C)Oc1cncc(CNC2CC2)n1. The van der Waals surface area contributed by atoms with Gasteiger partial charge in [-0.1, -0.05) is 0 Å². The number of rotatable bonds is 5. The Hall–Kier alpha value is -1.16. The van der Waals surface area contributed by atoms with Crippen LogP contribution in [0.4, 0.5) is 0 Å². The molecule has 1 aromatic rings. The van der Waals surface area contributed by atoms with E-state index in [0.717, 1.165) is 12.2 Å². The Morgan fingerprint density at radius 2 is 2.27 bits per heavy atom. The van der Waals surface area contributed by atoms with Gasteiger partial charge in [-0.15, -0.1) is 0 Å². The largest absolute Gasteiger partial charge is 0.474 e. The molecule has 1 N–H and O–H groups in total. The van der Waals surface area contributed by atoms with Crippen molar-refractivity contribution in [2.75, 3.05) is 0 Å². The van der Waals surface area contributed by atoms with Crippen molar-refractivity contribution in [1.82, 2.24) is 15.3 Å². The normalized spacial score (nSPS) is 15.7. The quantitative estimate of drug-likeness (QED) is 0.795. The molecule has 4 nitrogen and oxygen atoms in total. The lowest BCUT2D eigenvalue weighted by Crippen LogP contribution is -2.17. The maximum Gasteiger partial charge on any atom is 0.232 e. The molecule has 0 spiro atoms. The smallest absolute Gasteiger partial charge is 0.232 e. The Kier molecular flexibility index (Phi) is 3.16. The van der Waals surface area contributed by atoms with Crippen molar-refractivity contribution in [3.63, 3.8) is 0 Å². The van der Waals surface area contributed by atoms with E-state index in [1.54, 1.807) is 12.4 Å². The highest BCUT2D eigenvalue weighted by molar-refractivity contribution is 5.08. The summed E-state index contributed by atoms with van der Waals surface area (Å²) in [4.78, 5) is 8.47. The monoisotopic (exact) mass is 207 g/mol. The van der Waals surface area contributed by atoms with E-state index in [1.165, 1.54) is 12.8 Å². The molecule has 0 aliphatic heterocycles. The molecule has 0 saturated heterocycles. The van der Waals surface area contributed by atoms with Crippen LogP contribution in [0.1, 0.15) is 32.4 Å². The van der Waals surface area contributed by atoms with Crippen molar-refractivity contribution in [3.8, 4) is 5.88 Å². The molecule has 1 aromatic heterocycles. The average Bonchev–Trinajstić information content (AvgIpc) is 2.97. The van der Waals surface area contributed by atoms with Gasteiger partial charge in [-0.3, -0.25) is 4.98 Å². The third-order valence-corrected chi connectivity index (χ3v) is 2.17. The zero-order valence-electron chi connectivity index (χ0n) is 9.23. The minimum Gasteiger partial charge on any atom is -0.474 e. The first-order valence-electron chi connectivity index (χ1n) is 5.45. The summed E-state index contributed by atoms with van der Waals surface area (Å²) < 4.78 is 5.48. The number of hydrogen-bond acceptors (Lipinski definition) is 4.